The average Bonchev–Trinajstić information content (AvgIpc) is 2.49. The number of likely N-dealkylation sites (N-methyl/N-ethyl adjacent to an activating group) is 1. The fraction of sp³-hybridized carbons (Fsp3) is 0.500. The summed E-state index contributed by atoms with van der Waals surface area (Å²) >= 11 is 1.51. The van der Waals surface area contributed by atoms with Crippen molar-refractivity contribution in [1.82, 2.24) is 10.3 Å². The highest BCUT2D eigenvalue weighted by Crippen LogP contribution is 2.13. The Hall–Kier alpha value is -1.10. The summed E-state index contributed by atoms with van der Waals surface area (Å²) in [5, 5.41) is 8.38. The van der Waals surface area contributed by atoms with Crippen LogP contribution in [0.4, 0.5) is 5.13 Å². The lowest BCUT2D eigenvalue weighted by molar-refractivity contribution is -0.119. The van der Waals surface area contributed by atoms with E-state index in [4.69, 9.17) is 0 Å². The second kappa shape index (κ2) is 4.81. The van der Waals surface area contributed by atoms with Gasteiger partial charge in [0.05, 0.1) is 12.2 Å². The van der Waals surface area contributed by atoms with E-state index in [0.29, 0.717) is 13.1 Å². The van der Waals surface area contributed by atoms with Crippen LogP contribution in [-0.2, 0) is 4.79 Å². The van der Waals surface area contributed by atoms with E-state index in [9.17, 15) is 4.79 Å². The smallest absolute Gasteiger partial charge is 0.239 e. The molecule has 1 aromatic heterocycles. The Morgan fingerprint density at radius 1 is 1.69 bits per heavy atom. The summed E-state index contributed by atoms with van der Waals surface area (Å²) in [5.41, 5.74) is 0.975. The number of nitrogens with one attached hydrogen (secondary N) is 2. The van der Waals surface area contributed by atoms with Gasteiger partial charge in [-0.05, 0) is 13.8 Å². The molecule has 1 aromatic rings. The van der Waals surface area contributed by atoms with Crippen molar-refractivity contribution in [2.75, 3.05) is 18.4 Å². The zero-order chi connectivity index (χ0) is 9.68. The summed E-state index contributed by atoms with van der Waals surface area (Å²) < 4.78 is 0. The zero-order valence-electron chi connectivity index (χ0n) is 7.76. The third-order valence-electron chi connectivity index (χ3n) is 1.39. The Morgan fingerprint density at radius 3 is 3.00 bits per heavy atom. The lowest BCUT2D eigenvalue weighted by Crippen LogP contribution is -2.29. The minimum atomic E-state index is -0.00430. The van der Waals surface area contributed by atoms with E-state index in [-0.39, 0.29) is 5.91 Å². The third-order valence-corrected chi connectivity index (χ3v) is 2.31. The number of thiazole rings is 1. The summed E-state index contributed by atoms with van der Waals surface area (Å²) in [4.78, 5) is 15.2. The van der Waals surface area contributed by atoms with Gasteiger partial charge in [-0.1, -0.05) is 0 Å². The van der Waals surface area contributed by atoms with Gasteiger partial charge in [0.1, 0.15) is 0 Å². The third kappa shape index (κ3) is 3.42. The molecule has 1 rings (SSSR count). The Bertz CT molecular complexity index is 285. The molecule has 1 amide bonds. The number of carbonyl (C=O) groups excluding carboxylic acids is 1. The molecule has 0 saturated heterocycles. The Balaban J connectivity index is 2.30. The first kappa shape index (κ1) is 9.98. The van der Waals surface area contributed by atoms with Crippen molar-refractivity contribution in [2.45, 2.75) is 13.8 Å². The molecule has 0 spiro atoms. The zero-order valence-corrected chi connectivity index (χ0v) is 8.57. The molecule has 13 heavy (non-hydrogen) atoms. The SMILES string of the molecule is CCNC(=O)CNc1nc(C)cs1. The van der Waals surface area contributed by atoms with E-state index in [1.54, 1.807) is 0 Å². The summed E-state index contributed by atoms with van der Waals surface area (Å²) in [5.74, 6) is -0.00430. The molecule has 0 unspecified atom stereocenters. The van der Waals surface area contributed by atoms with Crippen LogP contribution >= 0.6 is 11.3 Å². The molecule has 0 saturated carbocycles. The molecule has 0 aliphatic heterocycles. The van der Waals surface area contributed by atoms with Crippen molar-refractivity contribution >= 4 is 22.4 Å². The topological polar surface area (TPSA) is 54.0 Å². The minimum Gasteiger partial charge on any atom is -0.355 e. The number of hydrogen-bond donors (Lipinski definition) is 2. The van der Waals surface area contributed by atoms with Gasteiger partial charge in [-0.15, -0.1) is 11.3 Å². The number of rotatable bonds is 4. The highest BCUT2D eigenvalue weighted by Gasteiger charge is 2.01. The molecular formula is C8H13N3OS. The second-order valence-electron chi connectivity index (χ2n) is 2.60. The van der Waals surface area contributed by atoms with Crippen molar-refractivity contribution in [3.8, 4) is 0 Å². The van der Waals surface area contributed by atoms with Gasteiger partial charge in [0.25, 0.3) is 0 Å². The van der Waals surface area contributed by atoms with Crippen molar-refractivity contribution in [2.24, 2.45) is 0 Å². The molecule has 0 aromatic carbocycles. The van der Waals surface area contributed by atoms with Gasteiger partial charge >= 0.3 is 0 Å². The van der Waals surface area contributed by atoms with E-state index < -0.39 is 0 Å². The van der Waals surface area contributed by atoms with Crippen molar-refractivity contribution in [3.63, 3.8) is 0 Å². The van der Waals surface area contributed by atoms with Crippen LogP contribution in [-0.4, -0.2) is 24.0 Å². The van der Waals surface area contributed by atoms with Gasteiger partial charge < -0.3 is 10.6 Å². The summed E-state index contributed by atoms with van der Waals surface area (Å²) in [6.07, 6.45) is 0. The maximum absolute atomic E-state index is 11.0. The summed E-state index contributed by atoms with van der Waals surface area (Å²) in [7, 11) is 0. The maximum Gasteiger partial charge on any atom is 0.239 e. The maximum atomic E-state index is 11.0. The summed E-state index contributed by atoms with van der Waals surface area (Å²) in [6.45, 7) is 4.78. The molecule has 0 fully saturated rings. The molecule has 72 valence electrons. The van der Waals surface area contributed by atoms with Crippen LogP contribution in [0.15, 0.2) is 5.38 Å². The number of anilines is 1. The normalized spacial score (nSPS) is 9.69. The lowest BCUT2D eigenvalue weighted by Gasteiger charge is -2.01. The molecule has 1 heterocycles. The first-order valence-electron chi connectivity index (χ1n) is 4.15. The monoisotopic (exact) mass is 199 g/mol. The molecule has 0 radical (unpaired) electrons. The van der Waals surface area contributed by atoms with Crippen LogP contribution < -0.4 is 10.6 Å². The molecule has 2 N–H and O–H groups in total. The Kier molecular flexibility index (Phi) is 3.70. The Morgan fingerprint density at radius 2 is 2.46 bits per heavy atom. The number of aryl methyl sites for hydroxylation is 1. The fourth-order valence-corrected chi connectivity index (χ4v) is 1.54. The Labute approximate surface area is 81.4 Å². The van der Waals surface area contributed by atoms with Crippen molar-refractivity contribution in [3.05, 3.63) is 11.1 Å². The first-order valence-corrected chi connectivity index (χ1v) is 5.03. The number of aromatic nitrogens is 1. The second-order valence-corrected chi connectivity index (χ2v) is 3.46. The van der Waals surface area contributed by atoms with Crippen molar-refractivity contribution < 1.29 is 4.79 Å². The predicted octanol–water partition coefficient (Wildman–Crippen LogP) is 1.000. The van der Waals surface area contributed by atoms with Crippen LogP contribution in [0.3, 0.4) is 0 Å². The largest absolute Gasteiger partial charge is 0.355 e. The number of nitrogens with zero attached hydrogens (tertiary/aromatic N) is 1. The predicted molar refractivity (Wildman–Crippen MR) is 54.0 cm³/mol. The lowest BCUT2D eigenvalue weighted by atomic mass is 10.5. The number of carbonyl (C=O) groups is 1. The van der Waals surface area contributed by atoms with E-state index in [1.807, 2.05) is 19.2 Å². The van der Waals surface area contributed by atoms with Gasteiger partial charge in [0, 0.05) is 11.9 Å². The van der Waals surface area contributed by atoms with Crippen LogP contribution in [0.25, 0.3) is 0 Å². The standard InChI is InChI=1S/C8H13N3OS/c1-3-9-7(12)4-10-8-11-6(2)5-13-8/h5H,3-4H2,1-2H3,(H,9,12)(H,10,11). The highest BCUT2D eigenvalue weighted by atomic mass is 32.1. The van der Waals surface area contributed by atoms with Gasteiger partial charge in [-0.25, -0.2) is 4.98 Å². The van der Waals surface area contributed by atoms with E-state index in [0.717, 1.165) is 10.8 Å². The van der Waals surface area contributed by atoms with Gasteiger partial charge in [-0.2, -0.15) is 0 Å². The van der Waals surface area contributed by atoms with Crippen molar-refractivity contribution in [1.29, 1.82) is 0 Å². The quantitative estimate of drug-likeness (QED) is 0.760. The molecular weight excluding hydrogens is 186 g/mol. The van der Waals surface area contributed by atoms with Gasteiger partial charge in [0.15, 0.2) is 5.13 Å². The molecule has 0 bridgehead atoms. The molecule has 0 aliphatic rings. The van der Waals surface area contributed by atoms with E-state index in [1.165, 1.54) is 11.3 Å². The van der Waals surface area contributed by atoms with Gasteiger partial charge in [0.2, 0.25) is 5.91 Å². The van der Waals surface area contributed by atoms with Crippen LogP contribution in [0.1, 0.15) is 12.6 Å². The number of amides is 1. The van der Waals surface area contributed by atoms with E-state index in [2.05, 4.69) is 15.6 Å². The number of hydrogen-bond acceptors (Lipinski definition) is 4. The molecule has 0 atom stereocenters. The first-order chi connectivity index (χ1) is 6.22. The summed E-state index contributed by atoms with van der Waals surface area (Å²) in [6, 6.07) is 0. The molecule has 5 heteroatoms. The average molecular weight is 199 g/mol. The van der Waals surface area contributed by atoms with Crippen LogP contribution in [0.2, 0.25) is 0 Å². The van der Waals surface area contributed by atoms with E-state index >= 15 is 0 Å². The fourth-order valence-electron chi connectivity index (χ4n) is 0.851. The molecule has 0 aliphatic carbocycles. The molecule has 4 nitrogen and oxygen atoms in total. The highest BCUT2D eigenvalue weighted by molar-refractivity contribution is 7.13. The van der Waals surface area contributed by atoms with Crippen LogP contribution in [0, 0.1) is 6.92 Å². The minimum absolute atomic E-state index is 0.00430. The van der Waals surface area contributed by atoms with Crippen LogP contribution in [0.5, 0.6) is 0 Å². The van der Waals surface area contributed by atoms with Gasteiger partial charge in [-0.3, -0.25) is 4.79 Å².